The summed E-state index contributed by atoms with van der Waals surface area (Å²) >= 11 is 1.52. The smallest absolute Gasteiger partial charge is 0.0613 e. The van der Waals surface area contributed by atoms with Crippen molar-refractivity contribution in [2.24, 2.45) is 0 Å². The maximum atomic E-state index is 2.81. The standard InChI is InChI=1S/C3H5N2S/c1-2-4-5-6-3-1/h1-5H. The van der Waals surface area contributed by atoms with Crippen molar-refractivity contribution in [2.45, 2.75) is 0 Å². The highest BCUT2D eigenvalue weighted by atomic mass is 32.2. The van der Waals surface area contributed by atoms with E-state index in [0.717, 1.165) is 0 Å². The molecule has 0 saturated heterocycles. The normalized spacial score (nSPS) is 21.3. The van der Waals surface area contributed by atoms with Gasteiger partial charge in [0, 0.05) is 0 Å². The molecular weight excluding hydrogens is 96.1 g/mol. The fourth-order valence-electron chi connectivity index (χ4n) is 0.229. The van der Waals surface area contributed by atoms with Crippen molar-refractivity contribution >= 4 is 11.9 Å². The van der Waals surface area contributed by atoms with E-state index in [1.165, 1.54) is 11.9 Å². The van der Waals surface area contributed by atoms with Gasteiger partial charge in [-0.2, -0.15) is 4.83 Å². The van der Waals surface area contributed by atoms with E-state index < -0.39 is 0 Å². The molecule has 33 valence electrons. The van der Waals surface area contributed by atoms with Gasteiger partial charge in [0.05, 0.1) is 6.54 Å². The van der Waals surface area contributed by atoms with E-state index in [0.29, 0.717) is 0 Å². The van der Waals surface area contributed by atoms with Gasteiger partial charge in [-0.3, -0.25) is 0 Å². The monoisotopic (exact) mass is 101 g/mol. The SMILES string of the molecule is [CH]1C=CSNN1. The highest BCUT2D eigenvalue weighted by molar-refractivity contribution is 8.00. The third-order valence-corrected chi connectivity index (χ3v) is 0.973. The highest BCUT2D eigenvalue weighted by Gasteiger charge is 1.83. The van der Waals surface area contributed by atoms with E-state index in [4.69, 9.17) is 0 Å². The van der Waals surface area contributed by atoms with E-state index in [1.807, 2.05) is 18.0 Å². The van der Waals surface area contributed by atoms with Crippen LogP contribution in [0.4, 0.5) is 0 Å². The summed E-state index contributed by atoms with van der Waals surface area (Å²) in [6.45, 7) is 1.83. The maximum Gasteiger partial charge on any atom is 0.0613 e. The van der Waals surface area contributed by atoms with E-state index in [2.05, 4.69) is 10.3 Å². The lowest BCUT2D eigenvalue weighted by atomic mass is 10.7. The van der Waals surface area contributed by atoms with Crippen molar-refractivity contribution < 1.29 is 0 Å². The highest BCUT2D eigenvalue weighted by Crippen LogP contribution is 1.96. The first-order chi connectivity index (χ1) is 3.00. The first kappa shape index (κ1) is 4.18. The molecule has 1 aliphatic rings. The van der Waals surface area contributed by atoms with Crippen LogP contribution < -0.4 is 10.3 Å². The molecule has 0 aromatic heterocycles. The third kappa shape index (κ3) is 1.01. The first-order valence-electron chi connectivity index (χ1n) is 1.65. The molecule has 3 heteroatoms. The second-order valence-electron chi connectivity index (χ2n) is 0.859. The Hall–Kier alpha value is 0.01000. The zero-order valence-corrected chi connectivity index (χ0v) is 3.96. The van der Waals surface area contributed by atoms with E-state index in [9.17, 15) is 0 Å². The molecule has 1 heterocycles. The molecular formula is C3H5N2S. The van der Waals surface area contributed by atoms with Crippen molar-refractivity contribution in [3.8, 4) is 0 Å². The maximum absolute atomic E-state index is 2.81. The Bertz CT molecular complexity index is 53.8. The summed E-state index contributed by atoms with van der Waals surface area (Å²) in [6.07, 6.45) is 1.93. The van der Waals surface area contributed by atoms with E-state index in [-0.39, 0.29) is 0 Å². The molecule has 0 fully saturated rings. The van der Waals surface area contributed by atoms with Crippen LogP contribution in [-0.2, 0) is 0 Å². The summed E-state index contributed by atoms with van der Waals surface area (Å²) in [5.41, 5.74) is 2.79. The number of hydrogen-bond acceptors (Lipinski definition) is 3. The fraction of sp³-hybridized carbons (Fsp3) is 0. The molecule has 0 saturated carbocycles. The molecule has 0 aliphatic carbocycles. The van der Waals surface area contributed by atoms with Gasteiger partial charge in [-0.15, -0.1) is 0 Å². The Morgan fingerprint density at radius 3 is 2.67 bits per heavy atom. The largest absolute Gasteiger partial charge is 0.239 e. The predicted molar refractivity (Wildman–Crippen MR) is 27.3 cm³/mol. The number of hydrazine groups is 1. The van der Waals surface area contributed by atoms with Gasteiger partial charge in [0.15, 0.2) is 0 Å². The zero-order valence-electron chi connectivity index (χ0n) is 3.14. The van der Waals surface area contributed by atoms with Gasteiger partial charge < -0.3 is 0 Å². The third-order valence-electron chi connectivity index (χ3n) is 0.444. The molecule has 0 amide bonds. The van der Waals surface area contributed by atoms with Gasteiger partial charge >= 0.3 is 0 Å². The molecule has 0 aromatic carbocycles. The van der Waals surface area contributed by atoms with Crippen molar-refractivity contribution in [2.75, 3.05) is 0 Å². The van der Waals surface area contributed by atoms with Crippen LogP contribution in [0.25, 0.3) is 0 Å². The van der Waals surface area contributed by atoms with Crippen molar-refractivity contribution in [3.05, 3.63) is 18.0 Å². The lowest BCUT2D eigenvalue weighted by Crippen LogP contribution is -2.22. The molecule has 1 rings (SSSR count). The Kier molecular flexibility index (Phi) is 1.55. The van der Waals surface area contributed by atoms with Crippen LogP contribution in [0.3, 0.4) is 0 Å². The molecule has 1 radical (unpaired) electrons. The lowest BCUT2D eigenvalue weighted by Gasteiger charge is -2.02. The van der Waals surface area contributed by atoms with Crippen LogP contribution in [0.15, 0.2) is 11.5 Å². The predicted octanol–water partition coefficient (Wildman–Crippen LogP) is 0.418. The number of rotatable bonds is 0. The second-order valence-corrected chi connectivity index (χ2v) is 1.57. The summed E-state index contributed by atoms with van der Waals surface area (Å²) in [6, 6.07) is 0. The molecule has 0 bridgehead atoms. The van der Waals surface area contributed by atoms with Gasteiger partial charge in [0.2, 0.25) is 0 Å². The average Bonchev–Trinajstić information content (AvgIpc) is 1.72. The van der Waals surface area contributed by atoms with Gasteiger partial charge in [-0.05, 0) is 17.4 Å². The molecule has 2 N–H and O–H groups in total. The van der Waals surface area contributed by atoms with Crippen LogP contribution in [0.5, 0.6) is 0 Å². The Balaban J connectivity index is 2.26. The Morgan fingerprint density at radius 2 is 2.50 bits per heavy atom. The Labute approximate surface area is 41.1 Å². The van der Waals surface area contributed by atoms with Crippen LogP contribution in [0.1, 0.15) is 0 Å². The Morgan fingerprint density at radius 1 is 1.50 bits per heavy atom. The van der Waals surface area contributed by atoms with Crippen LogP contribution in [0, 0.1) is 6.54 Å². The van der Waals surface area contributed by atoms with Crippen LogP contribution in [-0.4, -0.2) is 0 Å². The van der Waals surface area contributed by atoms with Gasteiger partial charge in [-0.1, -0.05) is 6.08 Å². The summed E-state index contributed by atoms with van der Waals surface area (Å²) in [4.78, 5) is 2.81. The van der Waals surface area contributed by atoms with Gasteiger partial charge in [0.1, 0.15) is 0 Å². The molecule has 2 nitrogen and oxygen atoms in total. The van der Waals surface area contributed by atoms with Crippen molar-refractivity contribution in [3.63, 3.8) is 0 Å². The summed E-state index contributed by atoms with van der Waals surface area (Å²) < 4.78 is 0. The van der Waals surface area contributed by atoms with Crippen LogP contribution >= 0.6 is 11.9 Å². The molecule has 0 unspecified atom stereocenters. The van der Waals surface area contributed by atoms with E-state index >= 15 is 0 Å². The number of nitrogens with one attached hydrogen (secondary N) is 2. The summed E-state index contributed by atoms with van der Waals surface area (Å²) in [5, 5.41) is 1.95. The first-order valence-corrected chi connectivity index (χ1v) is 2.52. The molecule has 0 atom stereocenters. The summed E-state index contributed by atoms with van der Waals surface area (Å²) in [5.74, 6) is 0. The molecule has 6 heavy (non-hydrogen) atoms. The molecule has 0 spiro atoms. The van der Waals surface area contributed by atoms with Crippen molar-refractivity contribution in [1.29, 1.82) is 0 Å². The second kappa shape index (κ2) is 2.23. The van der Waals surface area contributed by atoms with Gasteiger partial charge in [0.25, 0.3) is 0 Å². The van der Waals surface area contributed by atoms with Gasteiger partial charge in [-0.25, -0.2) is 5.43 Å². The summed E-state index contributed by atoms with van der Waals surface area (Å²) in [7, 11) is 0. The van der Waals surface area contributed by atoms with E-state index in [1.54, 1.807) is 0 Å². The number of hydrogen-bond donors (Lipinski definition) is 2. The minimum Gasteiger partial charge on any atom is -0.239 e. The molecule has 0 aromatic rings. The zero-order chi connectivity index (χ0) is 4.24. The minimum absolute atomic E-state index is 1.52. The minimum atomic E-state index is 1.52. The van der Waals surface area contributed by atoms with Crippen LogP contribution in [0.2, 0.25) is 0 Å². The quantitative estimate of drug-likeness (QED) is 0.432. The van der Waals surface area contributed by atoms with Crippen molar-refractivity contribution in [1.82, 2.24) is 10.3 Å². The topological polar surface area (TPSA) is 24.1 Å². The molecule has 1 aliphatic heterocycles. The average molecular weight is 101 g/mol. The lowest BCUT2D eigenvalue weighted by molar-refractivity contribution is 0.825. The fourth-order valence-corrected chi connectivity index (χ4v) is 0.590.